The lowest BCUT2D eigenvalue weighted by Crippen LogP contribution is -2.23. The predicted octanol–water partition coefficient (Wildman–Crippen LogP) is 2.84. The van der Waals surface area contributed by atoms with Crippen molar-refractivity contribution in [2.24, 2.45) is 0 Å². The van der Waals surface area contributed by atoms with E-state index in [1.54, 1.807) is 0 Å². The van der Waals surface area contributed by atoms with Crippen LogP contribution in [0.5, 0.6) is 5.75 Å². The van der Waals surface area contributed by atoms with Crippen molar-refractivity contribution in [2.45, 2.75) is 39.8 Å². The number of ether oxygens (including phenoxy) is 1. The van der Waals surface area contributed by atoms with E-state index in [0.717, 1.165) is 30.1 Å². The summed E-state index contributed by atoms with van der Waals surface area (Å²) in [6.45, 7) is 11.3. The molecule has 1 aromatic heterocycles. The van der Waals surface area contributed by atoms with E-state index in [1.165, 1.54) is 0 Å². The second-order valence-electron chi connectivity index (χ2n) is 4.36. The Morgan fingerprint density at radius 1 is 1.47 bits per heavy atom. The van der Waals surface area contributed by atoms with Gasteiger partial charge in [-0.2, -0.15) is 0 Å². The molecule has 0 amide bonds. The van der Waals surface area contributed by atoms with Gasteiger partial charge in [-0.15, -0.1) is 6.58 Å². The van der Waals surface area contributed by atoms with E-state index in [2.05, 4.69) is 30.7 Å². The maximum atomic E-state index is 5.69. The molecular weight excluding hydrogens is 212 g/mol. The molecule has 0 fully saturated rings. The summed E-state index contributed by atoms with van der Waals surface area (Å²) in [7, 11) is 0. The van der Waals surface area contributed by atoms with E-state index in [-0.39, 0.29) is 0 Å². The van der Waals surface area contributed by atoms with Gasteiger partial charge in [0.25, 0.3) is 0 Å². The molecule has 0 saturated heterocycles. The van der Waals surface area contributed by atoms with Gasteiger partial charge in [-0.05, 0) is 25.5 Å². The van der Waals surface area contributed by atoms with Crippen LogP contribution in [0.1, 0.15) is 31.7 Å². The number of nitrogens with one attached hydrogen (secondary N) is 1. The normalized spacial score (nSPS) is 10.6. The van der Waals surface area contributed by atoms with Crippen LogP contribution in [-0.2, 0) is 6.54 Å². The summed E-state index contributed by atoms with van der Waals surface area (Å²) in [5.41, 5.74) is 1.99. The quantitative estimate of drug-likeness (QED) is 0.582. The highest BCUT2D eigenvalue weighted by Crippen LogP contribution is 2.17. The fourth-order valence-corrected chi connectivity index (χ4v) is 1.41. The van der Waals surface area contributed by atoms with Crippen molar-refractivity contribution in [1.82, 2.24) is 10.3 Å². The maximum Gasteiger partial charge on any atom is 0.142 e. The van der Waals surface area contributed by atoms with Gasteiger partial charge in [-0.3, -0.25) is 4.98 Å². The van der Waals surface area contributed by atoms with E-state index in [1.807, 2.05) is 25.1 Å². The smallest absolute Gasteiger partial charge is 0.142 e. The monoisotopic (exact) mass is 234 g/mol. The Labute approximate surface area is 104 Å². The second kappa shape index (κ2) is 7.07. The molecule has 3 heteroatoms. The standard InChI is InChI=1S/C14H22N2O/c1-5-6-9-17-14-8-7-12(4)16-13(14)10-15-11(2)3/h5,7-8,11,15H,1,6,9-10H2,2-4H3. The summed E-state index contributed by atoms with van der Waals surface area (Å²) in [4.78, 5) is 4.51. The number of aromatic nitrogens is 1. The average molecular weight is 234 g/mol. The number of hydrogen-bond acceptors (Lipinski definition) is 3. The predicted molar refractivity (Wildman–Crippen MR) is 71.3 cm³/mol. The van der Waals surface area contributed by atoms with Gasteiger partial charge in [0.1, 0.15) is 5.75 Å². The van der Waals surface area contributed by atoms with Crippen LogP contribution >= 0.6 is 0 Å². The highest BCUT2D eigenvalue weighted by Gasteiger charge is 2.06. The molecule has 0 aliphatic rings. The van der Waals surface area contributed by atoms with E-state index >= 15 is 0 Å². The zero-order chi connectivity index (χ0) is 12.7. The first kappa shape index (κ1) is 13.7. The molecule has 0 bridgehead atoms. The Hall–Kier alpha value is -1.35. The van der Waals surface area contributed by atoms with Crippen LogP contribution in [0.15, 0.2) is 24.8 Å². The topological polar surface area (TPSA) is 34.1 Å². The van der Waals surface area contributed by atoms with Crippen LogP contribution in [0.25, 0.3) is 0 Å². The minimum Gasteiger partial charge on any atom is -0.491 e. The largest absolute Gasteiger partial charge is 0.491 e. The SMILES string of the molecule is C=CCCOc1ccc(C)nc1CNC(C)C. The Morgan fingerprint density at radius 2 is 2.24 bits per heavy atom. The van der Waals surface area contributed by atoms with Crippen LogP contribution in [0.3, 0.4) is 0 Å². The van der Waals surface area contributed by atoms with Crippen LogP contribution in [0.4, 0.5) is 0 Å². The van der Waals surface area contributed by atoms with Gasteiger partial charge in [-0.1, -0.05) is 19.9 Å². The summed E-state index contributed by atoms with van der Waals surface area (Å²) < 4.78 is 5.69. The molecule has 0 aliphatic carbocycles. The van der Waals surface area contributed by atoms with Crippen molar-refractivity contribution in [3.63, 3.8) is 0 Å². The van der Waals surface area contributed by atoms with Gasteiger partial charge < -0.3 is 10.1 Å². The Morgan fingerprint density at radius 3 is 2.88 bits per heavy atom. The summed E-state index contributed by atoms with van der Waals surface area (Å²) >= 11 is 0. The molecule has 0 atom stereocenters. The molecule has 3 nitrogen and oxygen atoms in total. The summed E-state index contributed by atoms with van der Waals surface area (Å²) in [6, 6.07) is 4.41. The van der Waals surface area contributed by atoms with Crippen LogP contribution < -0.4 is 10.1 Å². The third-order valence-electron chi connectivity index (χ3n) is 2.33. The van der Waals surface area contributed by atoms with Crippen molar-refractivity contribution in [3.05, 3.63) is 36.2 Å². The third kappa shape index (κ3) is 5.00. The Bertz CT molecular complexity index is 361. The summed E-state index contributed by atoms with van der Waals surface area (Å²) in [5, 5.41) is 3.36. The number of pyridine rings is 1. The first-order valence-electron chi connectivity index (χ1n) is 6.07. The lowest BCUT2D eigenvalue weighted by molar-refractivity contribution is 0.318. The number of nitrogens with zero attached hydrogens (tertiary/aromatic N) is 1. The summed E-state index contributed by atoms with van der Waals surface area (Å²) in [5.74, 6) is 0.866. The van der Waals surface area contributed by atoms with Crippen LogP contribution in [0, 0.1) is 6.92 Å². The number of aryl methyl sites for hydroxylation is 1. The molecule has 0 saturated carbocycles. The molecule has 17 heavy (non-hydrogen) atoms. The highest BCUT2D eigenvalue weighted by molar-refractivity contribution is 5.29. The molecule has 0 unspecified atom stereocenters. The maximum absolute atomic E-state index is 5.69. The van der Waals surface area contributed by atoms with Crippen molar-refractivity contribution in [1.29, 1.82) is 0 Å². The van der Waals surface area contributed by atoms with Gasteiger partial charge in [0.2, 0.25) is 0 Å². The van der Waals surface area contributed by atoms with Crippen molar-refractivity contribution in [2.75, 3.05) is 6.61 Å². The first-order valence-corrected chi connectivity index (χ1v) is 6.07. The number of rotatable bonds is 7. The van der Waals surface area contributed by atoms with Crippen molar-refractivity contribution in [3.8, 4) is 5.75 Å². The minimum absolute atomic E-state index is 0.443. The number of hydrogen-bond donors (Lipinski definition) is 1. The van der Waals surface area contributed by atoms with Gasteiger partial charge >= 0.3 is 0 Å². The third-order valence-corrected chi connectivity index (χ3v) is 2.33. The molecule has 0 aromatic carbocycles. The molecular formula is C14H22N2O. The van der Waals surface area contributed by atoms with Crippen molar-refractivity contribution < 1.29 is 4.74 Å². The Balaban J connectivity index is 2.69. The molecule has 94 valence electrons. The summed E-state index contributed by atoms with van der Waals surface area (Å²) in [6.07, 6.45) is 2.71. The van der Waals surface area contributed by atoms with E-state index in [9.17, 15) is 0 Å². The van der Waals surface area contributed by atoms with Gasteiger partial charge in [0.05, 0.1) is 12.3 Å². The fraction of sp³-hybridized carbons (Fsp3) is 0.500. The van der Waals surface area contributed by atoms with Crippen LogP contribution in [-0.4, -0.2) is 17.6 Å². The molecule has 0 aliphatic heterocycles. The minimum atomic E-state index is 0.443. The van der Waals surface area contributed by atoms with Gasteiger partial charge in [-0.25, -0.2) is 0 Å². The highest BCUT2D eigenvalue weighted by atomic mass is 16.5. The van der Waals surface area contributed by atoms with E-state index in [0.29, 0.717) is 12.6 Å². The lowest BCUT2D eigenvalue weighted by Gasteiger charge is -2.13. The zero-order valence-corrected chi connectivity index (χ0v) is 11.0. The van der Waals surface area contributed by atoms with Gasteiger partial charge in [0, 0.05) is 18.3 Å². The van der Waals surface area contributed by atoms with E-state index in [4.69, 9.17) is 4.74 Å². The molecule has 1 N–H and O–H groups in total. The fourth-order valence-electron chi connectivity index (χ4n) is 1.41. The lowest BCUT2D eigenvalue weighted by atomic mass is 10.2. The Kier molecular flexibility index (Phi) is 5.70. The molecule has 1 rings (SSSR count). The van der Waals surface area contributed by atoms with Crippen LogP contribution in [0.2, 0.25) is 0 Å². The molecule has 1 aromatic rings. The van der Waals surface area contributed by atoms with Gasteiger partial charge in [0.15, 0.2) is 0 Å². The second-order valence-corrected chi connectivity index (χ2v) is 4.36. The zero-order valence-electron chi connectivity index (χ0n) is 11.0. The molecule has 1 heterocycles. The molecule has 0 spiro atoms. The van der Waals surface area contributed by atoms with Crippen molar-refractivity contribution >= 4 is 0 Å². The van der Waals surface area contributed by atoms with E-state index < -0.39 is 0 Å². The average Bonchev–Trinajstić information content (AvgIpc) is 2.29. The first-order chi connectivity index (χ1) is 8.13. The molecule has 0 radical (unpaired) electrons.